The zero-order chi connectivity index (χ0) is 14.5. The summed E-state index contributed by atoms with van der Waals surface area (Å²) in [7, 11) is 1.62. The first kappa shape index (κ1) is 14.4. The van der Waals surface area contributed by atoms with Crippen LogP contribution in [0.2, 0.25) is 0 Å². The number of carboxylic acids is 1. The molecule has 0 bridgehead atoms. The zero-order valence-electron chi connectivity index (χ0n) is 11.5. The summed E-state index contributed by atoms with van der Waals surface area (Å²) in [6.07, 6.45) is 1.22. The predicted molar refractivity (Wildman–Crippen MR) is 73.6 cm³/mol. The minimum absolute atomic E-state index is 0.0811. The standard InChI is InChI=1S/C15H19NO4/c1-20-13-5-3-2-4-12(13)6-7-14(17)16-9-11(10-16)8-15(18)19/h2-5,11H,6-10H2,1H3,(H,18,19). The largest absolute Gasteiger partial charge is 0.496 e. The maximum atomic E-state index is 12.0. The van der Waals surface area contributed by atoms with Gasteiger partial charge in [-0.1, -0.05) is 18.2 Å². The number of hydrogen-bond acceptors (Lipinski definition) is 3. The van der Waals surface area contributed by atoms with Gasteiger partial charge in [0.25, 0.3) is 0 Å². The molecule has 5 nitrogen and oxygen atoms in total. The van der Waals surface area contributed by atoms with Crippen LogP contribution in [0.5, 0.6) is 5.75 Å². The van der Waals surface area contributed by atoms with E-state index in [2.05, 4.69) is 0 Å². The monoisotopic (exact) mass is 277 g/mol. The molecule has 1 aliphatic heterocycles. The average molecular weight is 277 g/mol. The molecule has 5 heteroatoms. The zero-order valence-corrected chi connectivity index (χ0v) is 11.5. The van der Waals surface area contributed by atoms with Gasteiger partial charge in [0.2, 0.25) is 5.91 Å². The fraction of sp³-hybridized carbons (Fsp3) is 0.467. The number of benzene rings is 1. The molecule has 1 heterocycles. The summed E-state index contributed by atoms with van der Waals surface area (Å²) in [5, 5.41) is 8.67. The highest BCUT2D eigenvalue weighted by molar-refractivity contribution is 5.78. The second-order valence-corrected chi connectivity index (χ2v) is 5.07. The summed E-state index contributed by atoms with van der Waals surface area (Å²) >= 11 is 0. The van der Waals surface area contributed by atoms with Gasteiger partial charge in [-0.25, -0.2) is 0 Å². The fourth-order valence-electron chi connectivity index (χ4n) is 2.46. The number of likely N-dealkylation sites (tertiary alicyclic amines) is 1. The van der Waals surface area contributed by atoms with Gasteiger partial charge in [0, 0.05) is 25.4 Å². The van der Waals surface area contributed by atoms with E-state index in [1.54, 1.807) is 12.0 Å². The maximum Gasteiger partial charge on any atom is 0.303 e. The molecule has 0 aromatic heterocycles. The van der Waals surface area contributed by atoms with E-state index in [0.29, 0.717) is 25.9 Å². The Morgan fingerprint density at radius 3 is 2.70 bits per heavy atom. The van der Waals surface area contributed by atoms with Crippen LogP contribution in [0.1, 0.15) is 18.4 Å². The van der Waals surface area contributed by atoms with E-state index < -0.39 is 5.97 Å². The van der Waals surface area contributed by atoms with Crippen LogP contribution in [0.15, 0.2) is 24.3 Å². The average Bonchev–Trinajstić information content (AvgIpc) is 2.39. The third-order valence-electron chi connectivity index (χ3n) is 3.57. The topological polar surface area (TPSA) is 66.8 Å². The summed E-state index contributed by atoms with van der Waals surface area (Å²) in [6.45, 7) is 1.13. The number of hydrogen-bond donors (Lipinski definition) is 1. The van der Waals surface area contributed by atoms with Gasteiger partial charge >= 0.3 is 5.97 Å². The number of ether oxygens (including phenoxy) is 1. The minimum Gasteiger partial charge on any atom is -0.496 e. The van der Waals surface area contributed by atoms with Crippen molar-refractivity contribution in [2.45, 2.75) is 19.3 Å². The molecule has 1 aliphatic rings. The predicted octanol–water partition coefficient (Wildman–Crippen LogP) is 1.56. The highest BCUT2D eigenvalue weighted by Gasteiger charge is 2.31. The van der Waals surface area contributed by atoms with Crippen molar-refractivity contribution in [1.29, 1.82) is 0 Å². The number of carboxylic acid groups (broad SMARTS) is 1. The van der Waals surface area contributed by atoms with Gasteiger partial charge in [-0.3, -0.25) is 9.59 Å². The van der Waals surface area contributed by atoms with Crippen molar-refractivity contribution < 1.29 is 19.4 Å². The third-order valence-corrected chi connectivity index (χ3v) is 3.57. The Hall–Kier alpha value is -2.04. The van der Waals surface area contributed by atoms with Gasteiger partial charge in [0.05, 0.1) is 13.5 Å². The number of para-hydroxylation sites is 1. The van der Waals surface area contributed by atoms with Crippen LogP contribution in [0, 0.1) is 5.92 Å². The van der Waals surface area contributed by atoms with Crippen molar-refractivity contribution in [1.82, 2.24) is 4.90 Å². The number of carbonyl (C=O) groups excluding carboxylic acids is 1. The van der Waals surface area contributed by atoms with E-state index in [4.69, 9.17) is 9.84 Å². The van der Waals surface area contributed by atoms with Gasteiger partial charge < -0.3 is 14.7 Å². The summed E-state index contributed by atoms with van der Waals surface area (Å²) in [6, 6.07) is 7.66. The van der Waals surface area contributed by atoms with Crippen LogP contribution in [0.4, 0.5) is 0 Å². The van der Waals surface area contributed by atoms with Crippen LogP contribution in [0.25, 0.3) is 0 Å². The van der Waals surface area contributed by atoms with Gasteiger partial charge in [-0.15, -0.1) is 0 Å². The molecule has 0 radical (unpaired) electrons. The van der Waals surface area contributed by atoms with Crippen LogP contribution in [0.3, 0.4) is 0 Å². The molecule has 0 atom stereocenters. The van der Waals surface area contributed by atoms with Crippen molar-refractivity contribution in [3.05, 3.63) is 29.8 Å². The summed E-state index contributed by atoms with van der Waals surface area (Å²) in [5.74, 6) is 0.198. The first-order valence-corrected chi connectivity index (χ1v) is 6.71. The van der Waals surface area contributed by atoms with Crippen molar-refractivity contribution in [3.8, 4) is 5.75 Å². The van der Waals surface area contributed by atoms with Crippen LogP contribution in [-0.2, 0) is 16.0 Å². The molecule has 0 spiro atoms. The summed E-state index contributed by atoms with van der Waals surface area (Å²) in [5.41, 5.74) is 1.02. The second kappa shape index (κ2) is 6.41. The molecule has 1 amide bonds. The molecule has 1 aromatic carbocycles. The molecule has 1 N–H and O–H groups in total. The number of rotatable bonds is 6. The Bertz CT molecular complexity index is 494. The van der Waals surface area contributed by atoms with Gasteiger partial charge in [-0.2, -0.15) is 0 Å². The highest BCUT2D eigenvalue weighted by atomic mass is 16.5. The smallest absolute Gasteiger partial charge is 0.303 e. The Balaban J connectivity index is 1.78. The third kappa shape index (κ3) is 3.50. The van der Waals surface area contributed by atoms with E-state index in [1.165, 1.54) is 0 Å². The number of aliphatic carboxylic acids is 1. The van der Waals surface area contributed by atoms with Gasteiger partial charge in [0.15, 0.2) is 0 Å². The first-order chi connectivity index (χ1) is 9.60. The van der Waals surface area contributed by atoms with E-state index in [0.717, 1.165) is 11.3 Å². The van der Waals surface area contributed by atoms with E-state index in [-0.39, 0.29) is 18.2 Å². The van der Waals surface area contributed by atoms with Crippen molar-refractivity contribution >= 4 is 11.9 Å². The minimum atomic E-state index is -0.795. The molecule has 2 rings (SSSR count). The Kier molecular flexibility index (Phi) is 4.61. The summed E-state index contributed by atoms with van der Waals surface area (Å²) in [4.78, 5) is 24.2. The Morgan fingerprint density at radius 2 is 2.05 bits per heavy atom. The number of amides is 1. The molecular weight excluding hydrogens is 258 g/mol. The first-order valence-electron chi connectivity index (χ1n) is 6.71. The van der Waals surface area contributed by atoms with Gasteiger partial charge in [-0.05, 0) is 18.1 Å². The van der Waals surface area contributed by atoms with Crippen LogP contribution < -0.4 is 4.74 Å². The lowest BCUT2D eigenvalue weighted by atomic mass is 9.95. The van der Waals surface area contributed by atoms with E-state index in [1.807, 2.05) is 24.3 Å². The van der Waals surface area contributed by atoms with Crippen LogP contribution in [-0.4, -0.2) is 42.1 Å². The fourth-order valence-corrected chi connectivity index (χ4v) is 2.46. The molecule has 1 saturated heterocycles. The Morgan fingerprint density at radius 1 is 1.35 bits per heavy atom. The molecule has 1 aromatic rings. The molecule has 108 valence electrons. The van der Waals surface area contributed by atoms with Gasteiger partial charge in [0.1, 0.15) is 5.75 Å². The van der Waals surface area contributed by atoms with Crippen molar-refractivity contribution in [3.63, 3.8) is 0 Å². The molecule has 0 unspecified atom stereocenters. The number of aryl methyl sites for hydroxylation is 1. The SMILES string of the molecule is COc1ccccc1CCC(=O)N1CC(CC(=O)O)C1. The van der Waals surface area contributed by atoms with Crippen molar-refractivity contribution in [2.24, 2.45) is 5.92 Å². The van der Waals surface area contributed by atoms with Crippen LogP contribution >= 0.6 is 0 Å². The number of methoxy groups -OCH3 is 1. The lowest BCUT2D eigenvalue weighted by molar-refractivity contribution is -0.145. The quantitative estimate of drug-likeness (QED) is 0.857. The van der Waals surface area contributed by atoms with Crippen molar-refractivity contribution in [2.75, 3.05) is 20.2 Å². The number of nitrogens with zero attached hydrogens (tertiary/aromatic N) is 1. The van der Waals surface area contributed by atoms with E-state index >= 15 is 0 Å². The summed E-state index contributed by atoms with van der Waals surface area (Å²) < 4.78 is 5.25. The normalized spacial score (nSPS) is 14.8. The second-order valence-electron chi connectivity index (χ2n) is 5.07. The molecule has 20 heavy (non-hydrogen) atoms. The lowest BCUT2D eigenvalue weighted by Gasteiger charge is -2.38. The molecule has 1 fully saturated rings. The molecule has 0 aliphatic carbocycles. The Labute approximate surface area is 118 Å². The maximum absolute atomic E-state index is 12.0. The van der Waals surface area contributed by atoms with E-state index in [9.17, 15) is 9.59 Å². The molecular formula is C15H19NO4. The highest BCUT2D eigenvalue weighted by Crippen LogP contribution is 2.22. The number of carbonyl (C=O) groups is 2. The lowest BCUT2D eigenvalue weighted by Crippen LogP contribution is -2.50. The molecule has 0 saturated carbocycles.